The minimum atomic E-state index is -4.62. The number of amides is 1. The Bertz CT molecular complexity index is 1360. The number of hydrogen-bond acceptors (Lipinski definition) is 7. The van der Waals surface area contributed by atoms with Crippen molar-refractivity contribution < 1.29 is 32.2 Å². The van der Waals surface area contributed by atoms with Gasteiger partial charge in [0.05, 0.1) is 18.8 Å². The van der Waals surface area contributed by atoms with Crippen LogP contribution in [0.15, 0.2) is 48.5 Å². The molecule has 1 aromatic heterocycles. The van der Waals surface area contributed by atoms with Gasteiger partial charge in [-0.25, -0.2) is 4.79 Å². The number of alkyl halides is 3. The van der Waals surface area contributed by atoms with Gasteiger partial charge in [-0.05, 0) is 84.6 Å². The maximum atomic E-state index is 14.0. The summed E-state index contributed by atoms with van der Waals surface area (Å²) in [6, 6.07) is 13.8. The second-order valence-corrected chi connectivity index (χ2v) is 12.7. The molecule has 1 amide bonds. The minimum Gasteiger partial charge on any atom is -0.493 e. The van der Waals surface area contributed by atoms with Crippen LogP contribution in [-0.4, -0.2) is 45.7 Å². The standard InChI is InChI=1S/C30H36F3N3O4S/c1-27(2,3)40-26(37)36-28(4,5)39-19-29(36,6)25-35-34-24(41-25)21-15-16-23(22(18-21)30(31,32)33)38-17-11-10-14-20-12-8-7-9-13-20/h7-9,12-13,15-16,18H,10-11,14,17,19H2,1-6H3/t29-/m1/s1. The van der Waals surface area contributed by atoms with Gasteiger partial charge in [0.25, 0.3) is 0 Å². The van der Waals surface area contributed by atoms with E-state index in [0.29, 0.717) is 11.4 Å². The van der Waals surface area contributed by atoms with Crippen molar-refractivity contribution in [2.24, 2.45) is 0 Å². The number of nitrogens with zero attached hydrogens (tertiary/aromatic N) is 3. The summed E-state index contributed by atoms with van der Waals surface area (Å²) in [4.78, 5) is 14.7. The maximum Gasteiger partial charge on any atom is 0.419 e. The highest BCUT2D eigenvalue weighted by Crippen LogP contribution is 2.45. The summed E-state index contributed by atoms with van der Waals surface area (Å²) in [6.45, 7) is 10.9. The van der Waals surface area contributed by atoms with Gasteiger partial charge in [-0.15, -0.1) is 10.2 Å². The Balaban J connectivity index is 1.52. The van der Waals surface area contributed by atoms with Crippen molar-refractivity contribution in [3.05, 3.63) is 64.7 Å². The number of rotatable bonds is 8. The van der Waals surface area contributed by atoms with Gasteiger partial charge in [0.2, 0.25) is 0 Å². The van der Waals surface area contributed by atoms with Gasteiger partial charge in [-0.2, -0.15) is 13.2 Å². The smallest absolute Gasteiger partial charge is 0.419 e. The van der Waals surface area contributed by atoms with Crippen molar-refractivity contribution >= 4 is 17.4 Å². The van der Waals surface area contributed by atoms with Crippen LogP contribution in [0.25, 0.3) is 10.6 Å². The lowest BCUT2D eigenvalue weighted by molar-refractivity contribution is -0.138. The van der Waals surface area contributed by atoms with Gasteiger partial charge in [0.1, 0.15) is 32.6 Å². The normalized spacial score (nSPS) is 18.9. The van der Waals surface area contributed by atoms with Crippen LogP contribution in [0.5, 0.6) is 5.75 Å². The Morgan fingerprint density at radius 1 is 1.05 bits per heavy atom. The van der Waals surface area contributed by atoms with Crippen molar-refractivity contribution in [2.45, 2.75) is 83.8 Å². The highest BCUT2D eigenvalue weighted by molar-refractivity contribution is 7.14. The van der Waals surface area contributed by atoms with Crippen LogP contribution in [0, 0.1) is 0 Å². The van der Waals surface area contributed by atoms with Crippen molar-refractivity contribution in [1.82, 2.24) is 15.1 Å². The number of hydrogen-bond donors (Lipinski definition) is 0. The molecule has 41 heavy (non-hydrogen) atoms. The lowest BCUT2D eigenvalue weighted by Crippen LogP contribution is -2.54. The average molecular weight is 592 g/mol. The zero-order chi connectivity index (χ0) is 30.1. The summed E-state index contributed by atoms with van der Waals surface area (Å²) in [7, 11) is 0. The number of carbonyl (C=O) groups is 1. The summed E-state index contributed by atoms with van der Waals surface area (Å²) >= 11 is 1.11. The Kier molecular flexibility index (Phi) is 8.71. The summed E-state index contributed by atoms with van der Waals surface area (Å²) in [6.07, 6.45) is -2.94. The van der Waals surface area contributed by atoms with E-state index in [1.807, 2.05) is 30.3 Å². The number of benzene rings is 2. The molecule has 11 heteroatoms. The zero-order valence-corrected chi connectivity index (χ0v) is 25.0. The Labute approximate surface area is 242 Å². The van der Waals surface area contributed by atoms with Crippen LogP contribution in [0.1, 0.15) is 70.5 Å². The predicted molar refractivity (Wildman–Crippen MR) is 151 cm³/mol. The first-order valence-corrected chi connectivity index (χ1v) is 14.3. The van der Waals surface area contributed by atoms with Crippen molar-refractivity contribution in [1.29, 1.82) is 0 Å². The lowest BCUT2D eigenvalue weighted by Gasteiger charge is -2.39. The minimum absolute atomic E-state index is 0.124. The summed E-state index contributed by atoms with van der Waals surface area (Å²) in [5.74, 6) is -0.222. The fourth-order valence-electron chi connectivity index (χ4n) is 4.75. The van der Waals surface area contributed by atoms with Gasteiger partial charge < -0.3 is 14.2 Å². The third kappa shape index (κ3) is 7.19. The van der Waals surface area contributed by atoms with Crippen molar-refractivity contribution in [3.63, 3.8) is 0 Å². The molecular formula is C30H36F3N3O4S. The van der Waals surface area contributed by atoms with Gasteiger partial charge in [0.15, 0.2) is 0 Å². The Morgan fingerprint density at radius 2 is 1.76 bits per heavy atom. The van der Waals surface area contributed by atoms with Gasteiger partial charge in [0, 0.05) is 5.56 Å². The number of aryl methyl sites for hydroxylation is 1. The SMILES string of the molecule is CC(C)(C)OC(=O)N1C(C)(C)OC[C@]1(C)c1nnc(-c2ccc(OCCCCc3ccccc3)c(C(F)(F)F)c2)s1. The molecule has 0 bridgehead atoms. The quantitative estimate of drug-likeness (QED) is 0.249. The molecular weight excluding hydrogens is 555 g/mol. The van der Waals surface area contributed by atoms with E-state index in [1.54, 1.807) is 47.6 Å². The van der Waals surface area contributed by atoms with Crippen LogP contribution in [0.2, 0.25) is 0 Å². The molecule has 0 saturated carbocycles. The van der Waals surface area contributed by atoms with Crippen molar-refractivity contribution in [3.8, 4) is 16.3 Å². The molecule has 222 valence electrons. The number of carbonyl (C=O) groups excluding carboxylic acids is 1. The second kappa shape index (κ2) is 11.6. The number of aromatic nitrogens is 2. The Hall–Kier alpha value is -3.18. The molecule has 0 unspecified atom stereocenters. The molecule has 0 radical (unpaired) electrons. The number of ether oxygens (including phenoxy) is 3. The van der Waals surface area contributed by atoms with Crippen LogP contribution < -0.4 is 4.74 Å². The highest BCUT2D eigenvalue weighted by Gasteiger charge is 2.55. The van der Waals surface area contributed by atoms with E-state index in [-0.39, 0.29) is 29.5 Å². The molecule has 4 rings (SSSR count). The van der Waals surface area contributed by atoms with E-state index in [0.717, 1.165) is 30.2 Å². The zero-order valence-electron chi connectivity index (χ0n) is 24.2. The third-order valence-electron chi connectivity index (χ3n) is 6.69. The molecule has 1 saturated heterocycles. The van der Waals surface area contributed by atoms with E-state index in [1.165, 1.54) is 16.5 Å². The molecule has 1 aliphatic rings. The van der Waals surface area contributed by atoms with Crippen LogP contribution in [-0.2, 0) is 27.6 Å². The first-order chi connectivity index (χ1) is 19.1. The van der Waals surface area contributed by atoms with Crippen molar-refractivity contribution in [2.75, 3.05) is 13.2 Å². The largest absolute Gasteiger partial charge is 0.493 e. The third-order valence-corrected chi connectivity index (χ3v) is 7.92. The Morgan fingerprint density at radius 3 is 2.41 bits per heavy atom. The molecule has 7 nitrogen and oxygen atoms in total. The molecule has 0 aliphatic carbocycles. The summed E-state index contributed by atoms with van der Waals surface area (Å²) < 4.78 is 59.2. The van der Waals surface area contributed by atoms with Gasteiger partial charge in [-0.1, -0.05) is 41.7 Å². The summed E-state index contributed by atoms with van der Waals surface area (Å²) in [5, 5.41) is 9.18. The molecule has 3 aromatic rings. The van der Waals surface area contributed by atoms with E-state index >= 15 is 0 Å². The molecule has 2 heterocycles. The van der Waals surface area contributed by atoms with E-state index in [9.17, 15) is 18.0 Å². The van der Waals surface area contributed by atoms with Crippen LogP contribution >= 0.6 is 11.3 Å². The average Bonchev–Trinajstić information content (AvgIpc) is 3.46. The number of unbranched alkanes of at least 4 members (excludes halogenated alkanes) is 1. The van der Waals surface area contributed by atoms with E-state index < -0.39 is 34.7 Å². The van der Waals surface area contributed by atoms with Gasteiger partial charge >= 0.3 is 12.3 Å². The first-order valence-electron chi connectivity index (χ1n) is 13.5. The first kappa shape index (κ1) is 30.8. The maximum absolute atomic E-state index is 14.0. The van der Waals surface area contributed by atoms with Crippen LogP contribution in [0.4, 0.5) is 18.0 Å². The molecule has 0 spiro atoms. The highest BCUT2D eigenvalue weighted by atomic mass is 32.1. The predicted octanol–water partition coefficient (Wildman–Crippen LogP) is 7.84. The molecule has 1 atom stereocenters. The fourth-order valence-corrected chi connectivity index (χ4v) is 5.71. The lowest BCUT2D eigenvalue weighted by atomic mass is 10.0. The molecule has 1 fully saturated rings. The fraction of sp³-hybridized carbons (Fsp3) is 0.500. The second-order valence-electron chi connectivity index (χ2n) is 11.7. The number of halogens is 3. The molecule has 0 N–H and O–H groups in total. The van der Waals surface area contributed by atoms with Crippen LogP contribution in [0.3, 0.4) is 0 Å². The summed E-state index contributed by atoms with van der Waals surface area (Å²) in [5.41, 5.74) is -2.20. The van der Waals surface area contributed by atoms with E-state index in [4.69, 9.17) is 14.2 Å². The van der Waals surface area contributed by atoms with Gasteiger partial charge in [-0.3, -0.25) is 4.90 Å². The molecule has 1 aliphatic heterocycles. The molecule has 2 aromatic carbocycles. The topological polar surface area (TPSA) is 73.8 Å². The monoisotopic (exact) mass is 591 g/mol. The van der Waals surface area contributed by atoms with E-state index in [2.05, 4.69) is 10.2 Å².